The van der Waals surface area contributed by atoms with E-state index in [2.05, 4.69) is 4.98 Å². The van der Waals surface area contributed by atoms with Gasteiger partial charge in [-0.3, -0.25) is 9.59 Å². The summed E-state index contributed by atoms with van der Waals surface area (Å²) in [5, 5.41) is 11.9. The van der Waals surface area contributed by atoms with Crippen molar-refractivity contribution in [3.05, 3.63) is 69.1 Å². The molecule has 29 heavy (non-hydrogen) atoms. The maximum absolute atomic E-state index is 12.7. The van der Waals surface area contributed by atoms with E-state index in [0.29, 0.717) is 18.9 Å². The first-order valence-corrected chi connectivity index (χ1v) is 10.5. The summed E-state index contributed by atoms with van der Waals surface area (Å²) in [5.74, 6) is -0.646. The molecule has 0 fully saturated rings. The molecule has 4 aromatic rings. The van der Waals surface area contributed by atoms with Gasteiger partial charge in [-0.1, -0.05) is 46.9 Å². The summed E-state index contributed by atoms with van der Waals surface area (Å²) in [6.45, 7) is 0.882. The van der Waals surface area contributed by atoms with Crippen LogP contribution in [0.1, 0.15) is 10.4 Å². The normalized spacial score (nSPS) is 10.9. The molecule has 1 N–H and O–H groups in total. The molecule has 7 nitrogen and oxygen atoms in total. The Labute approximate surface area is 174 Å². The van der Waals surface area contributed by atoms with Crippen LogP contribution in [0.4, 0.5) is 5.13 Å². The molecule has 0 aliphatic heterocycles. The lowest BCUT2D eigenvalue weighted by molar-refractivity contribution is 0.0944. The Bertz CT molecular complexity index is 1190. The molecule has 0 unspecified atom stereocenters. The highest BCUT2D eigenvalue weighted by atomic mass is 32.1. The van der Waals surface area contributed by atoms with Crippen LogP contribution in [0.3, 0.4) is 0 Å². The Balaban J connectivity index is 1.46. The third-order valence-corrected chi connectivity index (χ3v) is 6.15. The van der Waals surface area contributed by atoms with E-state index >= 15 is 0 Å². The van der Waals surface area contributed by atoms with Gasteiger partial charge in [0.05, 0.1) is 27.7 Å². The lowest BCUT2D eigenvalue weighted by atomic mass is 10.2. The largest absolute Gasteiger partial charge is 0.493 e. The third kappa shape index (κ3) is 3.87. The number of nitrogens with zero attached hydrogens (tertiary/aromatic N) is 3. The Hall–Kier alpha value is -3.17. The van der Waals surface area contributed by atoms with Gasteiger partial charge in [0.15, 0.2) is 5.13 Å². The quantitative estimate of drug-likeness (QED) is 0.508. The van der Waals surface area contributed by atoms with Gasteiger partial charge in [-0.05, 0) is 24.3 Å². The van der Waals surface area contributed by atoms with E-state index in [0.717, 1.165) is 31.3 Å². The Kier molecular flexibility index (Phi) is 5.32. The summed E-state index contributed by atoms with van der Waals surface area (Å²) in [6.07, 6.45) is 0. The van der Waals surface area contributed by atoms with Gasteiger partial charge < -0.3 is 14.7 Å². The van der Waals surface area contributed by atoms with Crippen LogP contribution in [0.25, 0.3) is 10.2 Å². The van der Waals surface area contributed by atoms with Crippen LogP contribution in [-0.2, 0) is 0 Å². The zero-order valence-corrected chi connectivity index (χ0v) is 17.1. The van der Waals surface area contributed by atoms with E-state index in [1.54, 1.807) is 35.6 Å². The van der Waals surface area contributed by atoms with E-state index in [9.17, 15) is 14.7 Å². The van der Waals surface area contributed by atoms with Crippen molar-refractivity contribution in [2.24, 2.45) is 0 Å². The fraction of sp³-hybridized carbons (Fsp3) is 0.150. The van der Waals surface area contributed by atoms with Crippen molar-refractivity contribution in [2.45, 2.75) is 0 Å². The first-order chi connectivity index (χ1) is 14.0. The predicted molar refractivity (Wildman–Crippen MR) is 115 cm³/mol. The molecular formula is C20H17N3O4S2. The summed E-state index contributed by atoms with van der Waals surface area (Å²) < 4.78 is 7.68. The molecule has 0 bridgehead atoms. The van der Waals surface area contributed by atoms with Gasteiger partial charge in [-0.15, -0.1) is 0 Å². The highest BCUT2D eigenvalue weighted by Crippen LogP contribution is 2.28. The zero-order chi connectivity index (χ0) is 20.4. The summed E-state index contributed by atoms with van der Waals surface area (Å²) in [6, 6.07) is 14.6. The summed E-state index contributed by atoms with van der Waals surface area (Å²) in [4.78, 5) is 30.6. The second kappa shape index (κ2) is 8.06. The van der Waals surface area contributed by atoms with E-state index < -0.39 is 10.8 Å². The minimum atomic E-state index is -0.621. The Morgan fingerprint density at radius 2 is 1.97 bits per heavy atom. The maximum atomic E-state index is 12.7. The molecule has 0 saturated carbocycles. The molecule has 0 atom stereocenters. The van der Waals surface area contributed by atoms with Crippen molar-refractivity contribution >= 4 is 43.9 Å². The number of benzene rings is 2. The average Bonchev–Trinajstić information content (AvgIpc) is 3.31. The number of rotatable bonds is 6. The van der Waals surface area contributed by atoms with Crippen molar-refractivity contribution in [1.82, 2.24) is 9.55 Å². The lowest BCUT2D eigenvalue weighted by Crippen LogP contribution is -2.25. The molecule has 0 aliphatic carbocycles. The smallest absolute Gasteiger partial charge is 0.317 e. The first-order valence-electron chi connectivity index (χ1n) is 8.77. The second-order valence-corrected chi connectivity index (χ2v) is 8.06. The molecule has 0 spiro atoms. The van der Waals surface area contributed by atoms with E-state index in [1.165, 1.54) is 5.38 Å². The molecule has 2 heterocycles. The number of carbonyl (C=O) groups is 1. The minimum Gasteiger partial charge on any atom is -0.493 e. The van der Waals surface area contributed by atoms with E-state index in [-0.39, 0.29) is 11.4 Å². The fourth-order valence-electron chi connectivity index (χ4n) is 2.79. The van der Waals surface area contributed by atoms with Crippen molar-refractivity contribution in [1.29, 1.82) is 0 Å². The third-order valence-electron chi connectivity index (χ3n) is 4.29. The number of anilines is 1. The van der Waals surface area contributed by atoms with Gasteiger partial charge in [0, 0.05) is 7.05 Å². The number of fused-ring (bicyclic) bond motifs is 1. The number of aromatic hydroxyl groups is 1. The Morgan fingerprint density at radius 1 is 1.21 bits per heavy atom. The molecule has 4 rings (SSSR count). The summed E-state index contributed by atoms with van der Waals surface area (Å²) in [7, 11) is 1.93. The molecule has 2 aromatic heterocycles. The van der Waals surface area contributed by atoms with Crippen molar-refractivity contribution in [3.63, 3.8) is 0 Å². The van der Waals surface area contributed by atoms with Crippen LogP contribution in [0.2, 0.25) is 0 Å². The van der Waals surface area contributed by atoms with Gasteiger partial charge in [-0.25, -0.2) is 9.55 Å². The van der Waals surface area contributed by atoms with Gasteiger partial charge in [0.25, 0.3) is 5.91 Å². The summed E-state index contributed by atoms with van der Waals surface area (Å²) in [5.41, 5.74) is 1.17. The van der Waals surface area contributed by atoms with Crippen LogP contribution in [0.5, 0.6) is 11.6 Å². The van der Waals surface area contributed by atoms with Crippen LogP contribution in [0.15, 0.2) is 58.7 Å². The van der Waals surface area contributed by atoms with Gasteiger partial charge >= 0.3 is 4.87 Å². The number of para-hydroxylation sites is 2. The number of likely N-dealkylation sites (N-methyl/N-ethyl adjacent to an activating group) is 1. The topological polar surface area (TPSA) is 84.7 Å². The van der Waals surface area contributed by atoms with Crippen molar-refractivity contribution in [2.75, 3.05) is 25.1 Å². The van der Waals surface area contributed by atoms with Crippen LogP contribution in [0, 0.1) is 0 Å². The van der Waals surface area contributed by atoms with Crippen molar-refractivity contribution in [3.8, 4) is 11.6 Å². The highest BCUT2D eigenvalue weighted by molar-refractivity contribution is 7.22. The Morgan fingerprint density at radius 3 is 2.72 bits per heavy atom. The molecule has 0 amide bonds. The molecule has 148 valence electrons. The predicted octanol–water partition coefficient (Wildman–Crippen LogP) is 3.43. The lowest BCUT2D eigenvalue weighted by Gasteiger charge is -2.17. The number of hydrogen-bond acceptors (Lipinski definition) is 8. The van der Waals surface area contributed by atoms with Crippen LogP contribution >= 0.6 is 22.7 Å². The monoisotopic (exact) mass is 427 g/mol. The molecule has 0 saturated heterocycles. The molecule has 2 aromatic carbocycles. The highest BCUT2D eigenvalue weighted by Gasteiger charge is 2.19. The molecule has 0 radical (unpaired) electrons. The standard InChI is InChI=1S/C20H17N3O4S2/c1-22(19-21-14-7-3-5-9-16(14)29-19)10-11-27-15-8-4-2-6-13(15)18(25)23-17(24)12-28-20(23)26/h2-9,12,24H,10-11H2,1H3. The van der Waals surface area contributed by atoms with Gasteiger partial charge in [0.1, 0.15) is 12.4 Å². The number of thiazole rings is 2. The van der Waals surface area contributed by atoms with E-state index in [4.69, 9.17) is 4.74 Å². The van der Waals surface area contributed by atoms with Crippen LogP contribution in [-0.4, -0.2) is 40.8 Å². The van der Waals surface area contributed by atoms with Crippen LogP contribution < -0.4 is 14.5 Å². The fourth-order valence-corrected chi connectivity index (χ4v) is 4.34. The maximum Gasteiger partial charge on any atom is 0.317 e. The number of hydrogen-bond donors (Lipinski definition) is 1. The van der Waals surface area contributed by atoms with Crippen molar-refractivity contribution < 1.29 is 14.6 Å². The second-order valence-electron chi connectivity index (χ2n) is 6.23. The molecular weight excluding hydrogens is 410 g/mol. The summed E-state index contributed by atoms with van der Waals surface area (Å²) >= 11 is 2.37. The number of carbonyl (C=O) groups excluding carboxylic acids is 1. The zero-order valence-electron chi connectivity index (χ0n) is 15.4. The number of ether oxygens (including phenoxy) is 1. The average molecular weight is 428 g/mol. The van der Waals surface area contributed by atoms with Gasteiger partial charge in [0.2, 0.25) is 5.88 Å². The molecule has 0 aliphatic rings. The molecule has 9 heteroatoms. The SMILES string of the molecule is CN(CCOc1ccccc1C(=O)n1c(O)csc1=O)c1nc2ccccc2s1. The van der Waals surface area contributed by atoms with E-state index in [1.807, 2.05) is 36.2 Å². The first kappa shape index (κ1) is 19.2. The number of aromatic nitrogens is 2. The van der Waals surface area contributed by atoms with Gasteiger partial charge in [-0.2, -0.15) is 0 Å². The minimum absolute atomic E-state index is 0.214.